The zero-order chi connectivity index (χ0) is 13.6. The van der Waals surface area contributed by atoms with Crippen LogP contribution in [0, 0.1) is 0 Å². The van der Waals surface area contributed by atoms with Crippen molar-refractivity contribution in [3.8, 4) is 0 Å². The fourth-order valence-corrected chi connectivity index (χ4v) is 2.23. The van der Waals surface area contributed by atoms with E-state index in [1.165, 1.54) is 6.07 Å². The van der Waals surface area contributed by atoms with Gasteiger partial charge >= 0.3 is 0 Å². The van der Waals surface area contributed by atoms with Crippen LogP contribution in [0.5, 0.6) is 0 Å². The lowest BCUT2D eigenvalue weighted by molar-refractivity contribution is 0.283. The minimum absolute atomic E-state index is 0.213. The van der Waals surface area contributed by atoms with Crippen LogP contribution in [0.4, 0.5) is 11.4 Å². The molecule has 6 heteroatoms. The van der Waals surface area contributed by atoms with Crippen LogP contribution >= 0.6 is 0 Å². The summed E-state index contributed by atoms with van der Waals surface area (Å²) in [6.45, 7) is 0.966. The highest BCUT2D eigenvalue weighted by Gasteiger charge is 2.08. The average Bonchev–Trinajstić information content (AvgIpc) is 2.29. The molecule has 0 atom stereocenters. The molecule has 0 aromatic heterocycles. The largest absolute Gasteiger partial charge is 0.397 e. The summed E-state index contributed by atoms with van der Waals surface area (Å²) in [5.74, 6) is 0. The van der Waals surface area contributed by atoms with Crippen LogP contribution in [0.15, 0.2) is 23.1 Å². The van der Waals surface area contributed by atoms with Gasteiger partial charge in [0.1, 0.15) is 0 Å². The highest BCUT2D eigenvalue weighted by molar-refractivity contribution is 7.90. The second-order valence-corrected chi connectivity index (χ2v) is 6.25. The Kier molecular flexibility index (Phi) is 5.43. The minimum Gasteiger partial charge on any atom is -0.397 e. The number of nitrogens with two attached hydrogens (primary N) is 1. The van der Waals surface area contributed by atoms with Crippen LogP contribution < -0.4 is 11.1 Å². The van der Waals surface area contributed by atoms with Crippen molar-refractivity contribution in [2.75, 3.05) is 30.5 Å². The van der Waals surface area contributed by atoms with Gasteiger partial charge in [-0.2, -0.15) is 0 Å². The van der Waals surface area contributed by atoms with Gasteiger partial charge in [0.05, 0.1) is 16.3 Å². The molecule has 0 radical (unpaired) electrons. The summed E-state index contributed by atoms with van der Waals surface area (Å²) in [5, 5.41) is 11.8. The molecular weight excluding hydrogens is 252 g/mol. The smallest absolute Gasteiger partial charge is 0.175 e. The highest BCUT2D eigenvalue weighted by atomic mass is 32.2. The SMILES string of the molecule is CS(=O)(=O)c1ccc(NCCCCCO)c(N)c1. The van der Waals surface area contributed by atoms with Crippen molar-refractivity contribution in [1.82, 2.24) is 0 Å². The van der Waals surface area contributed by atoms with E-state index in [9.17, 15) is 8.42 Å². The maximum absolute atomic E-state index is 11.3. The van der Waals surface area contributed by atoms with E-state index >= 15 is 0 Å². The van der Waals surface area contributed by atoms with Crippen LogP contribution in [-0.2, 0) is 9.84 Å². The third-order valence-corrected chi connectivity index (χ3v) is 3.71. The van der Waals surface area contributed by atoms with E-state index in [2.05, 4.69) is 5.32 Å². The number of unbranched alkanes of at least 4 members (excludes halogenated alkanes) is 2. The molecule has 0 unspecified atom stereocenters. The number of rotatable bonds is 7. The van der Waals surface area contributed by atoms with Crippen LogP contribution in [0.25, 0.3) is 0 Å². The lowest BCUT2D eigenvalue weighted by atomic mass is 10.2. The zero-order valence-electron chi connectivity index (χ0n) is 10.5. The number of aliphatic hydroxyl groups excluding tert-OH is 1. The topological polar surface area (TPSA) is 92.4 Å². The molecule has 1 aromatic carbocycles. The van der Waals surface area contributed by atoms with Gasteiger partial charge in [-0.1, -0.05) is 0 Å². The molecule has 0 heterocycles. The van der Waals surface area contributed by atoms with Crippen molar-refractivity contribution in [2.24, 2.45) is 0 Å². The summed E-state index contributed by atoms with van der Waals surface area (Å²) < 4.78 is 22.7. The Morgan fingerprint density at radius 2 is 2.00 bits per heavy atom. The van der Waals surface area contributed by atoms with Crippen LogP contribution in [0.2, 0.25) is 0 Å². The van der Waals surface area contributed by atoms with E-state index in [-0.39, 0.29) is 11.5 Å². The molecule has 0 saturated carbocycles. The molecule has 102 valence electrons. The Balaban J connectivity index is 2.58. The number of nitrogen functional groups attached to an aromatic ring is 1. The lowest BCUT2D eigenvalue weighted by Gasteiger charge is -2.10. The predicted octanol–water partition coefficient (Wildman–Crippen LogP) is 1.25. The van der Waals surface area contributed by atoms with Gasteiger partial charge in [-0.15, -0.1) is 0 Å². The van der Waals surface area contributed by atoms with E-state index in [1.807, 2.05) is 0 Å². The summed E-state index contributed by atoms with van der Waals surface area (Å²) in [5.41, 5.74) is 6.96. The number of benzene rings is 1. The molecule has 0 aliphatic heterocycles. The molecule has 5 nitrogen and oxygen atoms in total. The van der Waals surface area contributed by atoms with Crippen molar-refractivity contribution >= 4 is 21.2 Å². The Morgan fingerprint density at radius 1 is 1.28 bits per heavy atom. The number of anilines is 2. The van der Waals surface area contributed by atoms with Crippen LogP contribution in [0.1, 0.15) is 19.3 Å². The van der Waals surface area contributed by atoms with Gasteiger partial charge in [0.25, 0.3) is 0 Å². The van der Waals surface area contributed by atoms with Crippen molar-refractivity contribution in [2.45, 2.75) is 24.2 Å². The summed E-state index contributed by atoms with van der Waals surface area (Å²) in [4.78, 5) is 0.228. The summed E-state index contributed by atoms with van der Waals surface area (Å²) in [7, 11) is -3.21. The van der Waals surface area contributed by atoms with Gasteiger partial charge in [0, 0.05) is 19.4 Å². The zero-order valence-corrected chi connectivity index (χ0v) is 11.3. The van der Waals surface area contributed by atoms with E-state index < -0.39 is 9.84 Å². The molecular formula is C12H20N2O3S. The fraction of sp³-hybridized carbons (Fsp3) is 0.500. The van der Waals surface area contributed by atoms with Crippen molar-refractivity contribution in [3.05, 3.63) is 18.2 Å². The highest BCUT2D eigenvalue weighted by Crippen LogP contribution is 2.22. The number of sulfone groups is 1. The van der Waals surface area contributed by atoms with Crippen molar-refractivity contribution in [1.29, 1.82) is 0 Å². The van der Waals surface area contributed by atoms with Crippen LogP contribution in [-0.4, -0.2) is 32.9 Å². The van der Waals surface area contributed by atoms with Gasteiger partial charge in [-0.3, -0.25) is 0 Å². The Bertz CT molecular complexity index is 486. The number of hydrogen-bond acceptors (Lipinski definition) is 5. The third-order valence-electron chi connectivity index (χ3n) is 2.60. The Morgan fingerprint density at radius 3 is 2.56 bits per heavy atom. The van der Waals surface area contributed by atoms with E-state index in [0.29, 0.717) is 5.69 Å². The molecule has 18 heavy (non-hydrogen) atoms. The molecule has 0 spiro atoms. The number of aliphatic hydroxyl groups is 1. The van der Waals surface area contributed by atoms with Gasteiger partial charge in [0.2, 0.25) is 0 Å². The average molecular weight is 272 g/mol. The minimum atomic E-state index is -3.21. The normalized spacial score (nSPS) is 11.4. The van der Waals surface area contributed by atoms with Gasteiger partial charge < -0.3 is 16.2 Å². The number of hydrogen-bond donors (Lipinski definition) is 3. The molecule has 0 bridgehead atoms. The molecule has 1 aromatic rings. The van der Waals surface area contributed by atoms with E-state index in [1.54, 1.807) is 12.1 Å². The maximum Gasteiger partial charge on any atom is 0.175 e. The first kappa shape index (κ1) is 14.8. The van der Waals surface area contributed by atoms with E-state index in [4.69, 9.17) is 10.8 Å². The molecule has 0 aliphatic carbocycles. The molecule has 0 saturated heterocycles. The summed E-state index contributed by atoms with van der Waals surface area (Å²) in [6.07, 6.45) is 3.84. The third kappa shape index (κ3) is 4.54. The Hall–Kier alpha value is -1.27. The van der Waals surface area contributed by atoms with Crippen molar-refractivity contribution < 1.29 is 13.5 Å². The molecule has 1 rings (SSSR count). The predicted molar refractivity (Wildman–Crippen MR) is 73.4 cm³/mol. The lowest BCUT2D eigenvalue weighted by Crippen LogP contribution is -2.06. The second kappa shape index (κ2) is 6.61. The summed E-state index contributed by atoms with van der Waals surface area (Å²) in [6, 6.07) is 4.69. The maximum atomic E-state index is 11.3. The first-order chi connectivity index (χ1) is 8.45. The molecule has 0 fully saturated rings. The quantitative estimate of drug-likeness (QED) is 0.513. The van der Waals surface area contributed by atoms with Gasteiger partial charge in [-0.25, -0.2) is 8.42 Å². The van der Waals surface area contributed by atoms with Gasteiger partial charge in [-0.05, 0) is 37.5 Å². The van der Waals surface area contributed by atoms with Crippen LogP contribution in [0.3, 0.4) is 0 Å². The fourth-order valence-electron chi connectivity index (χ4n) is 1.57. The second-order valence-electron chi connectivity index (χ2n) is 4.23. The monoisotopic (exact) mass is 272 g/mol. The van der Waals surface area contributed by atoms with E-state index in [0.717, 1.165) is 37.8 Å². The standard InChI is InChI=1S/C12H20N2O3S/c1-18(16,17)10-5-6-12(11(13)9-10)14-7-3-2-4-8-15/h5-6,9,14-15H,2-4,7-8,13H2,1H3. The van der Waals surface area contributed by atoms with Crippen molar-refractivity contribution in [3.63, 3.8) is 0 Å². The number of nitrogens with one attached hydrogen (secondary N) is 1. The molecule has 4 N–H and O–H groups in total. The first-order valence-electron chi connectivity index (χ1n) is 5.89. The van der Waals surface area contributed by atoms with Gasteiger partial charge in [0.15, 0.2) is 9.84 Å². The first-order valence-corrected chi connectivity index (χ1v) is 7.78. The molecule has 0 aliphatic rings. The summed E-state index contributed by atoms with van der Waals surface area (Å²) >= 11 is 0. The molecule has 0 amide bonds. The Labute approximate surface area is 108 Å².